The standard InChI is InChI=1S/C15H20FN3O5/c1-3-4-5-11(21)17-10-6-7-19(14(23)18-10)13-15(2,16)12(22)9(8-20)24-13/h3,6-7,9,12-13,20,22H,1,4-5,8H2,2H3,(H,17,18,21,23)/t9-,12?,13?,15?/m1/s1. The summed E-state index contributed by atoms with van der Waals surface area (Å²) in [7, 11) is 0. The number of halogens is 1. The second kappa shape index (κ2) is 7.20. The average Bonchev–Trinajstić information content (AvgIpc) is 2.76. The van der Waals surface area contributed by atoms with Crippen LogP contribution in [0.3, 0.4) is 0 Å². The normalized spacial score (nSPS) is 29.4. The number of rotatable bonds is 6. The molecule has 0 radical (unpaired) electrons. The number of alkyl halides is 1. The molecule has 1 aliphatic heterocycles. The monoisotopic (exact) mass is 341 g/mol. The first-order chi connectivity index (χ1) is 11.3. The van der Waals surface area contributed by atoms with E-state index >= 15 is 0 Å². The molecule has 4 atom stereocenters. The van der Waals surface area contributed by atoms with Crippen LogP contribution in [0.15, 0.2) is 29.7 Å². The second-order valence-electron chi connectivity index (χ2n) is 5.68. The number of carbonyl (C=O) groups is 1. The molecule has 0 saturated carbocycles. The minimum atomic E-state index is -2.28. The number of aliphatic hydroxyl groups excluding tert-OH is 2. The Morgan fingerprint density at radius 1 is 1.67 bits per heavy atom. The van der Waals surface area contributed by atoms with E-state index in [1.807, 2.05) is 0 Å². The van der Waals surface area contributed by atoms with Crippen molar-refractivity contribution in [2.24, 2.45) is 0 Å². The molecule has 132 valence electrons. The molecule has 0 aliphatic carbocycles. The molecule has 1 amide bonds. The van der Waals surface area contributed by atoms with Crippen molar-refractivity contribution in [2.45, 2.75) is 43.9 Å². The van der Waals surface area contributed by atoms with Crippen LogP contribution in [0.4, 0.5) is 10.2 Å². The number of aromatic nitrogens is 2. The number of nitrogens with one attached hydrogen (secondary N) is 1. The summed E-state index contributed by atoms with van der Waals surface area (Å²) in [5, 5.41) is 21.4. The van der Waals surface area contributed by atoms with Crippen molar-refractivity contribution in [2.75, 3.05) is 11.9 Å². The lowest BCUT2D eigenvalue weighted by atomic mass is 9.98. The van der Waals surface area contributed by atoms with Crippen molar-refractivity contribution in [3.8, 4) is 0 Å². The van der Waals surface area contributed by atoms with Gasteiger partial charge in [-0.15, -0.1) is 6.58 Å². The van der Waals surface area contributed by atoms with Gasteiger partial charge < -0.3 is 20.3 Å². The van der Waals surface area contributed by atoms with Crippen LogP contribution in [0.25, 0.3) is 0 Å². The molecular formula is C15H20FN3O5. The smallest absolute Gasteiger partial charge is 0.351 e. The van der Waals surface area contributed by atoms with Crippen LogP contribution in [-0.2, 0) is 9.53 Å². The van der Waals surface area contributed by atoms with E-state index in [-0.39, 0.29) is 18.1 Å². The van der Waals surface area contributed by atoms with Gasteiger partial charge in [-0.05, 0) is 19.4 Å². The molecule has 9 heteroatoms. The minimum absolute atomic E-state index is 0.0307. The Morgan fingerprint density at radius 2 is 2.38 bits per heavy atom. The largest absolute Gasteiger partial charge is 0.394 e. The predicted molar refractivity (Wildman–Crippen MR) is 83.1 cm³/mol. The van der Waals surface area contributed by atoms with Gasteiger partial charge >= 0.3 is 5.69 Å². The SMILES string of the molecule is C=CCCC(=O)Nc1ccn(C2O[C@H](CO)C(O)C2(C)F)c(=O)n1. The fourth-order valence-corrected chi connectivity index (χ4v) is 2.46. The maximum atomic E-state index is 14.7. The van der Waals surface area contributed by atoms with E-state index in [9.17, 15) is 19.1 Å². The van der Waals surface area contributed by atoms with Crippen molar-refractivity contribution in [1.29, 1.82) is 0 Å². The van der Waals surface area contributed by atoms with Crippen molar-refractivity contribution >= 4 is 11.7 Å². The first-order valence-electron chi connectivity index (χ1n) is 7.44. The quantitative estimate of drug-likeness (QED) is 0.634. The number of carbonyl (C=O) groups excluding carboxylic acids is 1. The number of anilines is 1. The Bertz CT molecular complexity index is 675. The highest BCUT2D eigenvalue weighted by Crippen LogP contribution is 2.40. The molecular weight excluding hydrogens is 321 g/mol. The summed E-state index contributed by atoms with van der Waals surface area (Å²) >= 11 is 0. The Kier molecular flexibility index (Phi) is 5.47. The number of hydrogen-bond donors (Lipinski definition) is 3. The van der Waals surface area contributed by atoms with Crippen molar-refractivity contribution in [3.63, 3.8) is 0 Å². The van der Waals surface area contributed by atoms with Gasteiger partial charge in [0, 0.05) is 12.6 Å². The summed E-state index contributed by atoms with van der Waals surface area (Å²) in [6, 6.07) is 1.32. The van der Waals surface area contributed by atoms with Gasteiger partial charge in [-0.25, -0.2) is 9.18 Å². The highest BCUT2D eigenvalue weighted by molar-refractivity contribution is 5.89. The number of ether oxygens (including phenoxy) is 1. The number of nitrogens with zero attached hydrogens (tertiary/aromatic N) is 2. The number of amides is 1. The first-order valence-corrected chi connectivity index (χ1v) is 7.44. The van der Waals surface area contributed by atoms with Gasteiger partial charge in [0.2, 0.25) is 5.91 Å². The molecule has 2 rings (SSSR count). The third-order valence-corrected chi connectivity index (χ3v) is 3.82. The average molecular weight is 341 g/mol. The summed E-state index contributed by atoms with van der Waals surface area (Å²) in [5.74, 6) is -0.300. The molecule has 8 nitrogen and oxygen atoms in total. The Labute approximate surface area is 137 Å². The van der Waals surface area contributed by atoms with Gasteiger partial charge in [0.15, 0.2) is 11.9 Å². The molecule has 1 aromatic rings. The molecule has 1 fully saturated rings. The van der Waals surface area contributed by atoms with E-state index < -0.39 is 36.4 Å². The minimum Gasteiger partial charge on any atom is -0.394 e. The molecule has 2 heterocycles. The first kappa shape index (κ1) is 18.2. The van der Waals surface area contributed by atoms with Gasteiger partial charge in [0.25, 0.3) is 0 Å². The number of aliphatic hydroxyl groups is 2. The van der Waals surface area contributed by atoms with Crippen LogP contribution in [0.2, 0.25) is 0 Å². The Balaban J connectivity index is 2.20. The lowest BCUT2D eigenvalue weighted by Gasteiger charge is -2.24. The summed E-state index contributed by atoms with van der Waals surface area (Å²) < 4.78 is 20.8. The molecule has 3 unspecified atom stereocenters. The van der Waals surface area contributed by atoms with E-state index in [2.05, 4.69) is 16.9 Å². The summed E-state index contributed by atoms with van der Waals surface area (Å²) in [5.41, 5.74) is -3.13. The molecule has 24 heavy (non-hydrogen) atoms. The zero-order chi connectivity index (χ0) is 17.9. The van der Waals surface area contributed by atoms with E-state index in [1.54, 1.807) is 6.08 Å². The van der Waals surface area contributed by atoms with E-state index in [1.165, 1.54) is 12.3 Å². The van der Waals surface area contributed by atoms with Gasteiger partial charge in [0.1, 0.15) is 18.0 Å². The van der Waals surface area contributed by atoms with Crippen molar-refractivity contribution < 1.29 is 24.1 Å². The highest BCUT2D eigenvalue weighted by atomic mass is 19.1. The summed E-state index contributed by atoms with van der Waals surface area (Å²) in [6.07, 6.45) is -0.671. The summed E-state index contributed by atoms with van der Waals surface area (Å²) in [4.78, 5) is 27.4. The van der Waals surface area contributed by atoms with Gasteiger partial charge in [0.05, 0.1) is 6.61 Å². The van der Waals surface area contributed by atoms with Crippen LogP contribution in [0.5, 0.6) is 0 Å². The molecule has 0 aromatic carbocycles. The van der Waals surface area contributed by atoms with Gasteiger partial charge in [-0.1, -0.05) is 6.08 Å². The van der Waals surface area contributed by atoms with E-state index in [0.29, 0.717) is 6.42 Å². The van der Waals surface area contributed by atoms with Crippen molar-refractivity contribution in [3.05, 3.63) is 35.4 Å². The third kappa shape index (κ3) is 3.53. The molecule has 0 bridgehead atoms. The lowest BCUT2D eigenvalue weighted by Crippen LogP contribution is -2.42. The molecule has 0 spiro atoms. The van der Waals surface area contributed by atoms with Crippen molar-refractivity contribution in [1.82, 2.24) is 9.55 Å². The van der Waals surface area contributed by atoms with Gasteiger partial charge in [-0.3, -0.25) is 9.36 Å². The Hall–Kier alpha value is -2.10. The topological polar surface area (TPSA) is 114 Å². The van der Waals surface area contributed by atoms with Crippen LogP contribution in [-0.4, -0.2) is 50.2 Å². The third-order valence-electron chi connectivity index (χ3n) is 3.82. The number of allylic oxidation sites excluding steroid dienone is 1. The molecule has 1 aliphatic rings. The van der Waals surface area contributed by atoms with Gasteiger partial charge in [-0.2, -0.15) is 4.98 Å². The fourth-order valence-electron chi connectivity index (χ4n) is 2.46. The zero-order valence-electron chi connectivity index (χ0n) is 13.2. The molecule has 1 aromatic heterocycles. The Morgan fingerprint density at radius 3 is 2.92 bits per heavy atom. The van der Waals surface area contributed by atoms with E-state index in [4.69, 9.17) is 9.84 Å². The van der Waals surface area contributed by atoms with E-state index in [0.717, 1.165) is 11.5 Å². The molecule has 3 N–H and O–H groups in total. The number of hydrogen-bond acceptors (Lipinski definition) is 6. The second-order valence-corrected chi connectivity index (χ2v) is 5.68. The van der Waals surface area contributed by atoms with Crippen LogP contribution >= 0.6 is 0 Å². The van der Waals surface area contributed by atoms with Crippen LogP contribution in [0.1, 0.15) is 26.0 Å². The highest BCUT2D eigenvalue weighted by Gasteiger charge is 2.55. The fraction of sp³-hybridized carbons (Fsp3) is 0.533. The zero-order valence-corrected chi connectivity index (χ0v) is 13.2. The van der Waals surface area contributed by atoms with Crippen LogP contribution < -0.4 is 11.0 Å². The van der Waals surface area contributed by atoms with Crippen LogP contribution in [0, 0.1) is 0 Å². The maximum absolute atomic E-state index is 14.7. The lowest BCUT2D eigenvalue weighted by molar-refractivity contribution is -0.116. The maximum Gasteiger partial charge on any atom is 0.351 e. The predicted octanol–water partition coefficient (Wildman–Crippen LogP) is 0.127. The summed E-state index contributed by atoms with van der Waals surface area (Å²) in [6.45, 7) is 4.00. The molecule has 1 saturated heterocycles.